The molecular weight excluding hydrogens is 328 g/mol. The molecule has 1 amide bonds. The number of aromatic amines is 1. The number of aryl methyl sites for hydroxylation is 1. The van der Waals surface area contributed by atoms with Gasteiger partial charge in [0.2, 0.25) is 0 Å². The van der Waals surface area contributed by atoms with Gasteiger partial charge in [-0.1, -0.05) is 41.5 Å². The van der Waals surface area contributed by atoms with E-state index in [1.165, 1.54) is 0 Å². The number of aromatic nitrogens is 2. The molecule has 0 saturated carbocycles. The molecule has 2 rings (SSSR count). The molecule has 140 valence electrons. The summed E-state index contributed by atoms with van der Waals surface area (Å²) in [6.07, 6.45) is 1.58. The maximum atomic E-state index is 12.0. The third kappa shape index (κ3) is 4.50. The maximum absolute atomic E-state index is 12.0. The molecule has 26 heavy (non-hydrogen) atoms. The van der Waals surface area contributed by atoms with Crippen molar-refractivity contribution in [2.75, 3.05) is 0 Å². The quantitative estimate of drug-likeness (QED) is 0.577. The van der Waals surface area contributed by atoms with Crippen LogP contribution in [0.25, 0.3) is 0 Å². The van der Waals surface area contributed by atoms with Gasteiger partial charge in [-0.25, -0.2) is 5.43 Å². The highest BCUT2D eigenvalue weighted by molar-refractivity contribution is 5.93. The predicted octanol–water partition coefficient (Wildman–Crippen LogP) is 3.78. The molecule has 1 aromatic heterocycles. The molecule has 1 aromatic carbocycles. The molecule has 6 nitrogen and oxygen atoms in total. The number of carbonyl (C=O) groups excluding carboxylic acids is 1. The van der Waals surface area contributed by atoms with Crippen molar-refractivity contribution >= 4 is 12.1 Å². The Morgan fingerprint density at radius 2 is 1.65 bits per heavy atom. The first-order chi connectivity index (χ1) is 11.9. The van der Waals surface area contributed by atoms with Gasteiger partial charge >= 0.3 is 0 Å². The molecule has 0 atom stereocenters. The van der Waals surface area contributed by atoms with Crippen LogP contribution in [0.1, 0.15) is 74.4 Å². The average molecular weight is 356 g/mol. The van der Waals surface area contributed by atoms with Gasteiger partial charge in [0.1, 0.15) is 5.75 Å². The Morgan fingerprint density at radius 1 is 1.12 bits per heavy atom. The van der Waals surface area contributed by atoms with Crippen molar-refractivity contribution in [2.45, 2.75) is 59.3 Å². The van der Waals surface area contributed by atoms with Gasteiger partial charge in [-0.3, -0.25) is 9.89 Å². The van der Waals surface area contributed by atoms with E-state index in [4.69, 9.17) is 0 Å². The number of rotatable bonds is 3. The third-order valence-corrected chi connectivity index (χ3v) is 4.07. The first-order valence-corrected chi connectivity index (χ1v) is 8.63. The van der Waals surface area contributed by atoms with E-state index in [1.807, 2.05) is 19.1 Å². The average Bonchev–Trinajstić information content (AvgIpc) is 2.93. The highest BCUT2D eigenvalue weighted by Crippen LogP contribution is 2.39. The number of phenols is 1. The summed E-state index contributed by atoms with van der Waals surface area (Å²) in [6, 6.07) is 5.46. The Bertz CT molecular complexity index is 801. The first kappa shape index (κ1) is 19.7. The SMILES string of the molecule is Cc1cc(C(=O)N/N=C\c2cc(C(C)(C)C)c(O)c(C(C)(C)C)c2)n[nH]1. The molecule has 0 fully saturated rings. The van der Waals surface area contributed by atoms with Gasteiger partial charge < -0.3 is 5.11 Å². The summed E-state index contributed by atoms with van der Waals surface area (Å²) in [5, 5.41) is 21.4. The minimum Gasteiger partial charge on any atom is -0.507 e. The Balaban J connectivity index is 2.32. The molecule has 6 heteroatoms. The number of nitrogens with one attached hydrogen (secondary N) is 2. The largest absolute Gasteiger partial charge is 0.507 e. The lowest BCUT2D eigenvalue weighted by atomic mass is 9.78. The van der Waals surface area contributed by atoms with E-state index in [0.29, 0.717) is 5.75 Å². The standard InChI is InChI=1S/C20H28N4O2/c1-12-8-16(23-22-12)18(26)24-21-11-13-9-14(19(2,3)4)17(25)15(10-13)20(5,6)7/h8-11,25H,1-7H3,(H,22,23)(H,24,26)/b21-11-. The first-order valence-electron chi connectivity index (χ1n) is 8.63. The number of hydrogen-bond acceptors (Lipinski definition) is 4. The highest BCUT2D eigenvalue weighted by Gasteiger charge is 2.26. The second-order valence-corrected chi connectivity index (χ2v) is 8.60. The van der Waals surface area contributed by atoms with E-state index in [9.17, 15) is 9.90 Å². The molecule has 2 aromatic rings. The van der Waals surface area contributed by atoms with Crippen molar-refractivity contribution in [3.63, 3.8) is 0 Å². The topological polar surface area (TPSA) is 90.4 Å². The zero-order valence-corrected chi connectivity index (χ0v) is 16.6. The summed E-state index contributed by atoms with van der Waals surface area (Å²) in [5.41, 5.74) is 5.65. The number of nitrogens with zero attached hydrogens (tertiary/aromatic N) is 2. The van der Waals surface area contributed by atoms with Gasteiger partial charge in [-0.05, 0) is 41.5 Å². The van der Waals surface area contributed by atoms with Crippen molar-refractivity contribution in [3.8, 4) is 5.75 Å². The van der Waals surface area contributed by atoms with Crippen molar-refractivity contribution in [3.05, 3.63) is 46.3 Å². The summed E-state index contributed by atoms with van der Waals surface area (Å²) in [7, 11) is 0. The minimum absolute atomic E-state index is 0.219. The predicted molar refractivity (Wildman–Crippen MR) is 104 cm³/mol. The lowest BCUT2D eigenvalue weighted by Gasteiger charge is -2.27. The van der Waals surface area contributed by atoms with E-state index in [-0.39, 0.29) is 22.4 Å². The second kappa shape index (κ2) is 6.94. The monoisotopic (exact) mass is 356 g/mol. The van der Waals surface area contributed by atoms with Gasteiger partial charge in [0.05, 0.1) is 6.21 Å². The Morgan fingerprint density at radius 3 is 2.08 bits per heavy atom. The van der Waals surface area contributed by atoms with Crippen LogP contribution in [0.4, 0.5) is 0 Å². The number of amides is 1. The number of carbonyl (C=O) groups is 1. The Labute approximate surface area is 154 Å². The third-order valence-electron chi connectivity index (χ3n) is 4.07. The molecule has 3 N–H and O–H groups in total. The zero-order chi connectivity index (χ0) is 19.7. The van der Waals surface area contributed by atoms with Crippen LogP contribution in [0.15, 0.2) is 23.3 Å². The summed E-state index contributed by atoms with van der Waals surface area (Å²) in [4.78, 5) is 12.0. The van der Waals surface area contributed by atoms with Crippen LogP contribution in [0.2, 0.25) is 0 Å². The normalized spacial score (nSPS) is 12.6. The van der Waals surface area contributed by atoms with Gasteiger partial charge in [0.25, 0.3) is 5.91 Å². The van der Waals surface area contributed by atoms with E-state index in [0.717, 1.165) is 22.4 Å². The number of phenolic OH excluding ortho intramolecular Hbond substituents is 1. The number of benzene rings is 1. The van der Waals surface area contributed by atoms with Gasteiger partial charge in [-0.2, -0.15) is 10.2 Å². The number of hydrogen-bond donors (Lipinski definition) is 3. The second-order valence-electron chi connectivity index (χ2n) is 8.60. The smallest absolute Gasteiger partial charge is 0.291 e. The van der Waals surface area contributed by atoms with Crippen LogP contribution < -0.4 is 5.43 Å². The van der Waals surface area contributed by atoms with Gasteiger partial charge in [-0.15, -0.1) is 0 Å². The van der Waals surface area contributed by atoms with Crippen molar-refractivity contribution in [2.24, 2.45) is 5.10 Å². The van der Waals surface area contributed by atoms with E-state index in [1.54, 1.807) is 12.3 Å². The van der Waals surface area contributed by atoms with Crippen LogP contribution >= 0.6 is 0 Å². The molecule has 0 saturated heterocycles. The number of aromatic hydroxyl groups is 1. The zero-order valence-electron chi connectivity index (χ0n) is 16.6. The molecule has 0 aliphatic rings. The van der Waals surface area contributed by atoms with Crippen LogP contribution in [0.5, 0.6) is 5.75 Å². The van der Waals surface area contributed by atoms with Crippen molar-refractivity contribution in [1.82, 2.24) is 15.6 Å². The summed E-state index contributed by atoms with van der Waals surface area (Å²) < 4.78 is 0. The fourth-order valence-electron chi connectivity index (χ4n) is 2.63. The van der Waals surface area contributed by atoms with Crippen molar-refractivity contribution < 1.29 is 9.90 Å². The molecule has 0 bridgehead atoms. The summed E-state index contributed by atoms with van der Waals surface area (Å²) in [6.45, 7) is 14.1. The van der Waals surface area contributed by atoms with E-state index < -0.39 is 0 Å². The lowest BCUT2D eigenvalue weighted by Crippen LogP contribution is -2.19. The lowest BCUT2D eigenvalue weighted by molar-refractivity contribution is 0.0950. The fraction of sp³-hybridized carbons (Fsp3) is 0.450. The molecule has 1 heterocycles. The summed E-state index contributed by atoms with van der Waals surface area (Å²) in [5.74, 6) is -0.0605. The molecule has 0 unspecified atom stereocenters. The minimum atomic E-state index is -0.378. The molecule has 0 aliphatic carbocycles. The Kier molecular flexibility index (Phi) is 5.26. The molecule has 0 radical (unpaired) electrons. The van der Waals surface area contributed by atoms with Gasteiger partial charge in [0.15, 0.2) is 5.69 Å². The van der Waals surface area contributed by atoms with E-state index in [2.05, 4.69) is 62.3 Å². The van der Waals surface area contributed by atoms with Crippen LogP contribution in [0, 0.1) is 6.92 Å². The number of hydrazone groups is 1. The Hall–Kier alpha value is -2.63. The van der Waals surface area contributed by atoms with Gasteiger partial charge in [0, 0.05) is 16.8 Å². The highest BCUT2D eigenvalue weighted by atomic mass is 16.3. The number of H-pyrrole nitrogens is 1. The molecule has 0 spiro atoms. The van der Waals surface area contributed by atoms with Crippen molar-refractivity contribution in [1.29, 1.82) is 0 Å². The molecule has 0 aliphatic heterocycles. The fourth-order valence-corrected chi connectivity index (χ4v) is 2.63. The summed E-state index contributed by atoms with van der Waals surface area (Å²) >= 11 is 0. The molecular formula is C20H28N4O2. The van der Waals surface area contributed by atoms with E-state index >= 15 is 0 Å². The van der Waals surface area contributed by atoms with Crippen LogP contribution in [-0.2, 0) is 10.8 Å². The van der Waals surface area contributed by atoms with Crippen LogP contribution in [-0.4, -0.2) is 27.4 Å². The van der Waals surface area contributed by atoms with Crippen LogP contribution in [0.3, 0.4) is 0 Å². The maximum Gasteiger partial charge on any atom is 0.291 e.